The van der Waals surface area contributed by atoms with Crippen LogP contribution in [0.1, 0.15) is 79.0 Å². The molecule has 7 rings (SSSR count). The van der Waals surface area contributed by atoms with Crippen molar-refractivity contribution in [1.29, 1.82) is 0 Å². The number of carbonyl (C=O) groups is 3. The Morgan fingerprint density at radius 3 is 2.65 bits per heavy atom. The molecule has 2 aromatic heterocycles. The van der Waals surface area contributed by atoms with E-state index in [9.17, 15) is 19.5 Å². The van der Waals surface area contributed by atoms with Crippen LogP contribution in [0.3, 0.4) is 0 Å². The number of esters is 1. The second-order valence-corrected chi connectivity index (χ2v) is 13.2. The van der Waals surface area contributed by atoms with Crippen molar-refractivity contribution in [2.24, 2.45) is 11.8 Å². The van der Waals surface area contributed by atoms with Crippen LogP contribution in [0.4, 0.5) is 5.69 Å². The summed E-state index contributed by atoms with van der Waals surface area (Å²) in [7, 11) is 1.26. The first-order valence-corrected chi connectivity index (χ1v) is 16.0. The smallest absolute Gasteiger partial charge is 0.360 e. The van der Waals surface area contributed by atoms with Gasteiger partial charge in [-0.1, -0.05) is 58.0 Å². The lowest BCUT2D eigenvalue weighted by molar-refractivity contribution is -0.135. The van der Waals surface area contributed by atoms with Crippen molar-refractivity contribution in [3.63, 3.8) is 0 Å². The lowest BCUT2D eigenvalue weighted by Gasteiger charge is -2.28. The summed E-state index contributed by atoms with van der Waals surface area (Å²) < 4.78 is 24.1. The van der Waals surface area contributed by atoms with E-state index in [0.29, 0.717) is 17.9 Å². The zero-order chi connectivity index (χ0) is 33.9. The minimum Gasteiger partial charge on any atom is -0.469 e. The van der Waals surface area contributed by atoms with E-state index in [-0.39, 0.29) is 41.4 Å². The number of aromatic nitrogens is 2. The Morgan fingerprint density at radius 1 is 1.10 bits per heavy atom. The Kier molecular flexibility index (Phi) is 7.74. The van der Waals surface area contributed by atoms with Gasteiger partial charge in [0.15, 0.2) is 23.4 Å². The Bertz CT molecular complexity index is 1910. The minimum atomic E-state index is -1.29. The SMILES string of the molecule is COC(=O)c1coc(-c2nc3oc2C24c5ccccc5NC2Oc2ccc(cc24)CC(NC(=O)C(O)C(C)C)C(=O)NC3CC(C)C)n1. The number of rotatable bonds is 7. The normalized spacial score (nSPS) is 22.8. The molecule has 2 amide bonds. The molecule has 0 aliphatic carbocycles. The standard InChI is InChI=1S/C35H37N5O8/c1-16(2)12-23-31-40-26(32-38-24(15-46-32)33(44)45-5)28(48-31)35-19-8-6-7-9-21(19)39-34(35)47-25-11-10-18(13-20(25)35)14-22(29(42)37-23)36-30(43)27(41)17(3)4/h6-11,13,15-17,22-23,27,34,39,41H,12,14H2,1-5H3,(H,36,43)(H,37,42). The maximum absolute atomic E-state index is 14.0. The second kappa shape index (κ2) is 11.8. The zero-order valence-corrected chi connectivity index (χ0v) is 27.2. The highest BCUT2D eigenvalue weighted by molar-refractivity contribution is 5.90. The van der Waals surface area contributed by atoms with Gasteiger partial charge in [0.1, 0.15) is 35.6 Å². The summed E-state index contributed by atoms with van der Waals surface area (Å²) in [4.78, 5) is 48.8. The van der Waals surface area contributed by atoms with Gasteiger partial charge in [-0.05, 0) is 41.5 Å². The number of carbonyl (C=O) groups excluding carboxylic acids is 3. The Labute approximate surface area is 276 Å². The van der Waals surface area contributed by atoms with Gasteiger partial charge in [0, 0.05) is 17.7 Å². The first-order chi connectivity index (χ1) is 23.0. The molecule has 48 heavy (non-hydrogen) atoms. The predicted molar refractivity (Wildman–Crippen MR) is 171 cm³/mol. The second-order valence-electron chi connectivity index (χ2n) is 13.2. The van der Waals surface area contributed by atoms with Gasteiger partial charge in [0.05, 0.1) is 7.11 Å². The van der Waals surface area contributed by atoms with E-state index in [0.717, 1.165) is 22.4 Å². The van der Waals surface area contributed by atoms with Gasteiger partial charge in [0.25, 0.3) is 0 Å². The number of anilines is 1. The number of nitrogens with zero attached hydrogens (tertiary/aromatic N) is 2. The van der Waals surface area contributed by atoms with Crippen LogP contribution in [-0.2, 0) is 26.2 Å². The average molecular weight is 656 g/mol. The summed E-state index contributed by atoms with van der Waals surface area (Å²) in [6.07, 6.45) is -0.171. The van der Waals surface area contributed by atoms with Gasteiger partial charge in [0.2, 0.25) is 23.6 Å². The number of aliphatic hydroxyl groups excluding tert-OH is 1. The average Bonchev–Trinajstić information content (AvgIpc) is 3.84. The summed E-state index contributed by atoms with van der Waals surface area (Å²) in [5, 5.41) is 19.9. The van der Waals surface area contributed by atoms with Crippen molar-refractivity contribution in [1.82, 2.24) is 20.6 Å². The number of aliphatic hydroxyl groups is 1. The number of benzene rings is 2. The molecule has 4 bridgehead atoms. The molecular weight excluding hydrogens is 618 g/mol. The number of oxazole rings is 2. The number of para-hydroxylation sites is 1. The van der Waals surface area contributed by atoms with E-state index in [1.165, 1.54) is 13.4 Å². The molecule has 0 fully saturated rings. The van der Waals surface area contributed by atoms with Crippen LogP contribution in [-0.4, -0.2) is 58.3 Å². The molecule has 3 aliphatic rings. The highest BCUT2D eigenvalue weighted by atomic mass is 16.5. The lowest BCUT2D eigenvalue weighted by atomic mass is 9.72. The van der Waals surface area contributed by atoms with Crippen LogP contribution in [0.5, 0.6) is 5.75 Å². The monoisotopic (exact) mass is 655 g/mol. The molecule has 13 nitrogen and oxygen atoms in total. The molecule has 0 saturated heterocycles. The van der Waals surface area contributed by atoms with Gasteiger partial charge in [-0.2, -0.15) is 0 Å². The molecule has 250 valence electrons. The lowest BCUT2D eigenvalue weighted by Crippen LogP contribution is -2.52. The topological polar surface area (TPSA) is 178 Å². The highest BCUT2D eigenvalue weighted by Gasteiger charge is 2.61. The van der Waals surface area contributed by atoms with Gasteiger partial charge in [-0.25, -0.2) is 14.8 Å². The first-order valence-electron chi connectivity index (χ1n) is 16.0. The van der Waals surface area contributed by atoms with E-state index in [1.54, 1.807) is 13.8 Å². The fourth-order valence-electron chi connectivity index (χ4n) is 6.80. The maximum Gasteiger partial charge on any atom is 0.360 e. The van der Waals surface area contributed by atoms with Crippen molar-refractivity contribution < 1.29 is 37.8 Å². The Balaban J connectivity index is 1.47. The maximum atomic E-state index is 14.0. The molecule has 1 spiro atoms. The molecule has 4 aromatic rings. The van der Waals surface area contributed by atoms with E-state index >= 15 is 0 Å². The van der Waals surface area contributed by atoms with Crippen molar-refractivity contribution in [2.45, 2.75) is 70.4 Å². The molecule has 0 radical (unpaired) electrons. The highest BCUT2D eigenvalue weighted by Crippen LogP contribution is 2.59. The number of hydrogen-bond donors (Lipinski definition) is 4. The molecular formula is C35H37N5O8. The van der Waals surface area contributed by atoms with E-state index in [4.69, 9.17) is 23.3 Å². The molecule has 4 N–H and O–H groups in total. The molecule has 5 heterocycles. The van der Waals surface area contributed by atoms with Crippen LogP contribution in [0.15, 0.2) is 57.6 Å². The van der Waals surface area contributed by atoms with Crippen molar-refractivity contribution >= 4 is 23.5 Å². The first kappa shape index (κ1) is 31.4. The quantitative estimate of drug-likeness (QED) is 0.213. The summed E-state index contributed by atoms with van der Waals surface area (Å²) in [5.74, 6) is -0.863. The predicted octanol–water partition coefficient (Wildman–Crippen LogP) is 3.86. The van der Waals surface area contributed by atoms with E-state index < -0.39 is 47.6 Å². The molecule has 3 aliphatic heterocycles. The third-order valence-corrected chi connectivity index (χ3v) is 9.14. The number of amides is 2. The Morgan fingerprint density at radius 2 is 1.90 bits per heavy atom. The summed E-state index contributed by atoms with van der Waals surface area (Å²) in [6, 6.07) is 11.7. The van der Waals surface area contributed by atoms with Gasteiger partial charge in [-0.15, -0.1) is 0 Å². The van der Waals surface area contributed by atoms with Crippen LogP contribution in [0.25, 0.3) is 11.6 Å². The molecule has 5 atom stereocenters. The molecule has 13 heteroatoms. The van der Waals surface area contributed by atoms with Crippen LogP contribution >= 0.6 is 0 Å². The number of nitrogens with one attached hydrogen (secondary N) is 3. The third kappa shape index (κ3) is 5.00. The van der Waals surface area contributed by atoms with Crippen LogP contribution < -0.4 is 20.7 Å². The van der Waals surface area contributed by atoms with E-state index in [1.807, 2.05) is 56.3 Å². The van der Waals surface area contributed by atoms with E-state index in [2.05, 4.69) is 20.9 Å². The van der Waals surface area contributed by atoms with Crippen molar-refractivity contribution in [3.05, 3.63) is 82.8 Å². The Hall–Kier alpha value is -5.17. The molecule has 2 aromatic carbocycles. The van der Waals surface area contributed by atoms with Gasteiger partial charge in [-0.3, -0.25) is 9.59 Å². The number of ether oxygens (including phenoxy) is 2. The summed E-state index contributed by atoms with van der Waals surface area (Å²) in [6.45, 7) is 7.48. The van der Waals surface area contributed by atoms with Crippen molar-refractivity contribution in [3.8, 4) is 17.3 Å². The fourth-order valence-corrected chi connectivity index (χ4v) is 6.80. The number of fused-ring (bicyclic) bond motifs is 4. The molecule has 0 saturated carbocycles. The van der Waals surface area contributed by atoms with Gasteiger partial charge >= 0.3 is 5.97 Å². The summed E-state index contributed by atoms with van der Waals surface area (Å²) >= 11 is 0. The third-order valence-electron chi connectivity index (χ3n) is 9.14. The van der Waals surface area contributed by atoms with Crippen molar-refractivity contribution in [2.75, 3.05) is 12.4 Å². The largest absolute Gasteiger partial charge is 0.469 e. The fraction of sp³-hybridized carbons (Fsp3) is 0.400. The van der Waals surface area contributed by atoms with Gasteiger partial charge < -0.3 is 39.4 Å². The number of hydrogen-bond acceptors (Lipinski definition) is 11. The molecule has 5 unspecified atom stereocenters. The van der Waals surface area contributed by atoms with Crippen LogP contribution in [0, 0.1) is 11.8 Å². The minimum absolute atomic E-state index is 0.0276. The zero-order valence-electron chi connectivity index (χ0n) is 27.2. The number of methoxy groups -OCH3 is 1. The summed E-state index contributed by atoms with van der Waals surface area (Å²) in [5.41, 5.74) is 2.28. The van der Waals surface area contributed by atoms with Crippen LogP contribution in [0.2, 0.25) is 0 Å².